The first-order valence-electron chi connectivity index (χ1n) is 35.2. The van der Waals surface area contributed by atoms with Crippen molar-refractivity contribution in [3.8, 4) is 113 Å². The zero-order valence-corrected chi connectivity index (χ0v) is 61.2. The lowest BCUT2D eigenvalue weighted by Crippen LogP contribution is -1.96. The molecule has 0 aliphatic carbocycles. The second-order valence-electron chi connectivity index (χ2n) is 23.4. The average Bonchev–Trinajstić information content (AvgIpc) is 0.765. The first kappa shape index (κ1) is 61.9. The maximum absolute atomic E-state index is 8.29. The Morgan fingerprint density at radius 1 is 0.202 bits per heavy atom. The van der Waals surface area contributed by atoms with Crippen LogP contribution in [0.2, 0.25) is 0 Å². The molecule has 0 saturated heterocycles. The van der Waals surface area contributed by atoms with Gasteiger partial charge in [0, 0.05) is 87.2 Å². The van der Waals surface area contributed by atoms with Crippen molar-refractivity contribution in [2.45, 2.75) is 0 Å². The quantitative estimate of drug-likeness (QED) is 0.128. The van der Waals surface area contributed by atoms with Crippen LogP contribution in [0, 0.1) is 0 Å². The molecular formula is C88H56Br4N12. The number of hydrogen-bond acceptors (Lipinski definition) is 12. The standard InChI is InChI=1S/2C25H16BrN3.2C19H12BrN3/c26-21-12-5-11-20(16-21)25-28-22-13-6-14-27-24(22)23(29-25)19-10-4-9-18(15-19)17-7-2-1-3-8-17;26-21-9-4-8-20(16-21)25-28-22-10-5-15-27-24(22)23(29-25)19-13-11-18(12-14-19)17-6-2-1-3-7-17;2*20-15-9-4-8-14(12-15)19-22-16-10-5-11-21-18(16)17(23-19)13-6-2-1-3-7-13/h2*1-16H;2*1-12H/i;;1D,2D,3D,6D,7D;. The van der Waals surface area contributed by atoms with Crippen molar-refractivity contribution in [1.82, 2.24) is 59.8 Å². The van der Waals surface area contributed by atoms with E-state index in [2.05, 4.69) is 196 Å². The number of pyridine rings is 4. The fraction of sp³-hybridized carbons (Fsp3) is 0. The Morgan fingerprint density at radius 3 is 0.837 bits per heavy atom. The fourth-order valence-electron chi connectivity index (χ4n) is 11.6. The van der Waals surface area contributed by atoms with Gasteiger partial charge < -0.3 is 0 Å². The number of rotatable bonds is 10. The maximum atomic E-state index is 8.29. The van der Waals surface area contributed by atoms with E-state index in [4.69, 9.17) is 31.8 Å². The minimum Gasteiger partial charge on any atom is -0.252 e. The van der Waals surface area contributed by atoms with Crippen molar-refractivity contribution in [3.05, 3.63) is 358 Å². The summed E-state index contributed by atoms with van der Waals surface area (Å²) in [6.45, 7) is 0. The van der Waals surface area contributed by atoms with E-state index in [1.807, 2.05) is 176 Å². The summed E-state index contributed by atoms with van der Waals surface area (Å²) in [5.74, 6) is 2.45. The van der Waals surface area contributed by atoms with Gasteiger partial charge in [0.25, 0.3) is 0 Å². The van der Waals surface area contributed by atoms with Gasteiger partial charge in [-0.3, -0.25) is 19.9 Å². The summed E-state index contributed by atoms with van der Waals surface area (Å²) in [6.07, 6.45) is 6.90. The largest absolute Gasteiger partial charge is 0.252 e. The second-order valence-corrected chi connectivity index (χ2v) is 27.0. The average molecular weight is 1610 g/mol. The van der Waals surface area contributed by atoms with Gasteiger partial charge in [0.1, 0.15) is 44.8 Å². The Hall–Kier alpha value is -11.9. The Balaban J connectivity index is 0.000000116. The maximum Gasteiger partial charge on any atom is 0.160 e. The van der Waals surface area contributed by atoms with E-state index in [0.717, 1.165) is 113 Å². The molecule has 10 aromatic carbocycles. The smallest absolute Gasteiger partial charge is 0.160 e. The number of nitrogens with zero attached hydrogens (tertiary/aromatic N) is 12. The monoisotopic (exact) mass is 1600 g/mol. The third kappa shape index (κ3) is 15.9. The van der Waals surface area contributed by atoms with Crippen LogP contribution in [0.5, 0.6) is 0 Å². The van der Waals surface area contributed by atoms with Crippen molar-refractivity contribution in [2.75, 3.05) is 0 Å². The first-order valence-corrected chi connectivity index (χ1v) is 35.9. The van der Waals surface area contributed by atoms with Crippen molar-refractivity contribution in [2.24, 2.45) is 0 Å². The van der Waals surface area contributed by atoms with Crippen LogP contribution in [0.25, 0.3) is 157 Å². The summed E-state index contributed by atoms with van der Waals surface area (Å²) in [6, 6.07) is 92.4. The van der Waals surface area contributed by atoms with E-state index >= 15 is 0 Å². The van der Waals surface area contributed by atoms with Crippen LogP contribution in [0.3, 0.4) is 0 Å². The summed E-state index contributed by atoms with van der Waals surface area (Å²) >= 11 is 14.0. The molecule has 12 nitrogen and oxygen atoms in total. The highest BCUT2D eigenvalue weighted by Gasteiger charge is 2.18. The lowest BCUT2D eigenvalue weighted by Gasteiger charge is -2.10. The lowest BCUT2D eigenvalue weighted by molar-refractivity contribution is 1.20. The fourth-order valence-corrected chi connectivity index (χ4v) is 13.2. The molecule has 18 aromatic rings. The van der Waals surface area contributed by atoms with E-state index in [1.165, 1.54) is 16.7 Å². The lowest BCUT2D eigenvalue weighted by atomic mass is 10.0. The molecule has 0 spiro atoms. The summed E-state index contributed by atoms with van der Waals surface area (Å²) < 4.78 is 44.2. The molecule has 0 fully saturated rings. The summed E-state index contributed by atoms with van der Waals surface area (Å²) in [5, 5.41) is 0. The molecule has 8 heterocycles. The number of halogens is 4. The summed E-state index contributed by atoms with van der Waals surface area (Å²) in [4.78, 5) is 55.8. The van der Waals surface area contributed by atoms with Gasteiger partial charge in [0.05, 0.1) is 28.9 Å². The highest BCUT2D eigenvalue weighted by molar-refractivity contribution is 9.11. The molecule has 0 amide bonds. The van der Waals surface area contributed by atoms with Crippen molar-refractivity contribution < 1.29 is 6.85 Å². The molecule has 0 aliphatic rings. The summed E-state index contributed by atoms with van der Waals surface area (Å²) in [7, 11) is 0. The summed E-state index contributed by atoms with van der Waals surface area (Å²) in [5.41, 5.74) is 20.0. The highest BCUT2D eigenvalue weighted by atomic mass is 79.9. The third-order valence-electron chi connectivity index (χ3n) is 16.4. The Kier molecular flexibility index (Phi) is 19.0. The van der Waals surface area contributed by atoms with Gasteiger partial charge in [-0.2, -0.15) is 0 Å². The minimum atomic E-state index is -0.447. The topological polar surface area (TPSA) is 155 Å². The molecule has 496 valence electrons. The van der Waals surface area contributed by atoms with Crippen LogP contribution < -0.4 is 0 Å². The van der Waals surface area contributed by atoms with E-state index in [1.54, 1.807) is 36.9 Å². The Labute approximate surface area is 640 Å². The molecule has 0 bridgehead atoms. The third-order valence-corrected chi connectivity index (χ3v) is 18.4. The van der Waals surface area contributed by atoms with Crippen LogP contribution >= 0.6 is 63.7 Å². The molecule has 0 aliphatic heterocycles. The predicted octanol–water partition coefficient (Wildman–Crippen LogP) is 23.8. The predicted molar refractivity (Wildman–Crippen MR) is 434 cm³/mol. The van der Waals surface area contributed by atoms with Crippen molar-refractivity contribution >= 4 is 108 Å². The molecule has 0 saturated carbocycles. The molecule has 104 heavy (non-hydrogen) atoms. The molecular weight excluding hydrogens is 1540 g/mol. The zero-order chi connectivity index (χ0) is 74.9. The second kappa shape index (κ2) is 32.0. The van der Waals surface area contributed by atoms with E-state index in [-0.39, 0.29) is 23.3 Å². The molecule has 8 aromatic heterocycles. The van der Waals surface area contributed by atoms with Gasteiger partial charge >= 0.3 is 0 Å². The molecule has 0 unspecified atom stereocenters. The Bertz CT molecular complexity index is 6370. The number of fused-ring (bicyclic) bond motifs is 4. The number of hydrogen-bond donors (Lipinski definition) is 0. The van der Waals surface area contributed by atoms with E-state index < -0.39 is 18.1 Å². The van der Waals surface area contributed by atoms with Crippen LogP contribution in [0.1, 0.15) is 6.85 Å². The highest BCUT2D eigenvalue weighted by Crippen LogP contribution is 2.36. The normalized spacial score (nSPS) is 11.6. The minimum absolute atomic E-state index is 0.00773. The number of aromatic nitrogens is 12. The van der Waals surface area contributed by atoms with Gasteiger partial charge in [-0.05, 0) is 125 Å². The SMILES string of the molecule is Brc1cccc(-c2nc(-c3ccc(-c4ccccc4)cc3)c3ncccc3n2)c1.Brc1cccc(-c2nc(-c3cccc(-c4ccccc4)c3)c3ncccc3n2)c1.Brc1cccc(-c2nc(-c3ccccc3)c3ncccc3n2)c1.[2H]c1c([2H])c([2H])c(-c2nc(-c3cccc(Br)c3)nc3cccnc23)c([2H])c1[2H]. The van der Waals surface area contributed by atoms with E-state index in [0.29, 0.717) is 34.3 Å². The molecule has 16 heteroatoms. The van der Waals surface area contributed by atoms with Gasteiger partial charge in [-0.15, -0.1) is 0 Å². The molecule has 0 N–H and O–H groups in total. The zero-order valence-electron chi connectivity index (χ0n) is 59.8. The van der Waals surface area contributed by atoms with Gasteiger partial charge in [0.2, 0.25) is 0 Å². The van der Waals surface area contributed by atoms with Crippen molar-refractivity contribution in [1.29, 1.82) is 0 Å². The van der Waals surface area contributed by atoms with Crippen LogP contribution in [-0.4, -0.2) is 59.8 Å². The van der Waals surface area contributed by atoms with Crippen LogP contribution in [-0.2, 0) is 0 Å². The number of benzene rings is 10. The molecule has 0 atom stereocenters. The Morgan fingerprint density at radius 2 is 0.471 bits per heavy atom. The molecule has 0 radical (unpaired) electrons. The van der Waals surface area contributed by atoms with Gasteiger partial charge in [0.15, 0.2) is 23.3 Å². The van der Waals surface area contributed by atoms with Crippen LogP contribution in [0.15, 0.2) is 358 Å². The van der Waals surface area contributed by atoms with Crippen molar-refractivity contribution in [3.63, 3.8) is 0 Å². The first-order chi connectivity index (χ1) is 53.2. The van der Waals surface area contributed by atoms with Gasteiger partial charge in [-0.1, -0.05) is 276 Å². The van der Waals surface area contributed by atoms with E-state index in [9.17, 15) is 0 Å². The molecule has 18 rings (SSSR count). The van der Waals surface area contributed by atoms with Crippen LogP contribution in [0.4, 0.5) is 0 Å². The van der Waals surface area contributed by atoms with Gasteiger partial charge in [-0.25, -0.2) is 39.9 Å².